The van der Waals surface area contributed by atoms with Crippen LogP contribution in [0, 0.1) is 5.92 Å². The molecule has 4 nitrogen and oxygen atoms in total. The number of β-amino-alcohol motifs (C(OH)–C–C–N with tert-alkyl or cyclic N) is 1. The Balaban J connectivity index is 1.68. The molecule has 2 heterocycles. The van der Waals surface area contributed by atoms with Gasteiger partial charge in [-0.3, -0.25) is 4.90 Å². The lowest BCUT2D eigenvalue weighted by Crippen LogP contribution is -2.43. The molecule has 0 aromatic heterocycles. The van der Waals surface area contributed by atoms with Gasteiger partial charge in [0.25, 0.3) is 0 Å². The van der Waals surface area contributed by atoms with E-state index >= 15 is 0 Å². The highest BCUT2D eigenvalue weighted by molar-refractivity contribution is 5.45. The number of likely N-dealkylation sites (tertiary alicyclic amines) is 1. The summed E-state index contributed by atoms with van der Waals surface area (Å²) in [5.41, 5.74) is 0.902. The third-order valence-electron chi connectivity index (χ3n) is 4.44. The zero-order valence-corrected chi connectivity index (χ0v) is 12.2. The van der Waals surface area contributed by atoms with Crippen molar-refractivity contribution in [3.05, 3.63) is 23.8 Å². The fourth-order valence-corrected chi connectivity index (χ4v) is 3.08. The molecule has 4 heteroatoms. The predicted octanol–water partition coefficient (Wildman–Crippen LogP) is 2.57. The predicted molar refractivity (Wildman–Crippen MR) is 77.0 cm³/mol. The Morgan fingerprint density at radius 3 is 2.90 bits per heavy atom. The van der Waals surface area contributed by atoms with Crippen LogP contribution < -0.4 is 9.47 Å². The Morgan fingerprint density at radius 1 is 1.25 bits per heavy atom. The van der Waals surface area contributed by atoms with Gasteiger partial charge in [0.1, 0.15) is 0 Å². The maximum absolute atomic E-state index is 10.5. The molecule has 0 spiro atoms. The highest BCUT2D eigenvalue weighted by Crippen LogP contribution is 2.34. The van der Waals surface area contributed by atoms with E-state index in [0.717, 1.165) is 29.5 Å². The fourth-order valence-electron chi connectivity index (χ4n) is 3.08. The largest absolute Gasteiger partial charge is 0.454 e. The lowest BCUT2D eigenvalue weighted by atomic mass is 9.94. The molecule has 3 atom stereocenters. The maximum atomic E-state index is 10.5. The van der Waals surface area contributed by atoms with E-state index in [-0.39, 0.29) is 6.79 Å². The Bertz CT molecular complexity index is 477. The van der Waals surface area contributed by atoms with Crippen LogP contribution in [0.4, 0.5) is 0 Å². The summed E-state index contributed by atoms with van der Waals surface area (Å²) in [7, 11) is 0. The van der Waals surface area contributed by atoms with Gasteiger partial charge in [-0.25, -0.2) is 0 Å². The first-order valence-electron chi connectivity index (χ1n) is 7.45. The molecule has 3 rings (SSSR count). The minimum Gasteiger partial charge on any atom is -0.454 e. The summed E-state index contributed by atoms with van der Waals surface area (Å²) in [5, 5.41) is 10.5. The van der Waals surface area contributed by atoms with Crippen LogP contribution in [-0.4, -0.2) is 35.9 Å². The van der Waals surface area contributed by atoms with Crippen LogP contribution in [-0.2, 0) is 0 Å². The van der Waals surface area contributed by atoms with Crippen molar-refractivity contribution in [3.63, 3.8) is 0 Å². The van der Waals surface area contributed by atoms with Gasteiger partial charge >= 0.3 is 0 Å². The maximum Gasteiger partial charge on any atom is 0.231 e. The van der Waals surface area contributed by atoms with E-state index in [9.17, 15) is 5.11 Å². The van der Waals surface area contributed by atoms with E-state index < -0.39 is 6.10 Å². The molecular weight excluding hydrogens is 254 g/mol. The molecule has 2 aliphatic rings. The number of fused-ring (bicyclic) bond motifs is 1. The summed E-state index contributed by atoms with van der Waals surface area (Å²) in [6, 6.07) is 6.25. The number of piperidine rings is 1. The van der Waals surface area contributed by atoms with Gasteiger partial charge in [-0.2, -0.15) is 0 Å². The molecule has 0 radical (unpaired) electrons. The number of aliphatic hydroxyl groups is 1. The van der Waals surface area contributed by atoms with Crippen molar-refractivity contribution in [2.75, 3.05) is 19.9 Å². The summed E-state index contributed by atoms with van der Waals surface area (Å²) >= 11 is 0. The second-order valence-electron chi connectivity index (χ2n) is 6.11. The van der Waals surface area contributed by atoms with Crippen molar-refractivity contribution in [3.8, 4) is 11.5 Å². The first kappa shape index (κ1) is 13.7. The second kappa shape index (κ2) is 5.62. The van der Waals surface area contributed by atoms with Gasteiger partial charge in [0.15, 0.2) is 11.5 Å². The SMILES string of the molecule is CC1CCC(C)N(CC(O)c2ccc3c(c2)OCO3)C1. The Morgan fingerprint density at radius 2 is 2.05 bits per heavy atom. The van der Waals surface area contributed by atoms with Crippen LogP contribution in [0.25, 0.3) is 0 Å². The normalized spacial score (nSPS) is 27.6. The fraction of sp³-hybridized carbons (Fsp3) is 0.625. The van der Waals surface area contributed by atoms with Crippen molar-refractivity contribution in [2.45, 2.75) is 38.8 Å². The molecule has 0 bridgehead atoms. The minimum absolute atomic E-state index is 0.273. The zero-order chi connectivity index (χ0) is 14.1. The van der Waals surface area contributed by atoms with Crippen molar-refractivity contribution >= 4 is 0 Å². The van der Waals surface area contributed by atoms with Crippen molar-refractivity contribution in [1.82, 2.24) is 4.90 Å². The summed E-state index contributed by atoms with van der Waals surface area (Å²) < 4.78 is 10.7. The molecule has 3 unspecified atom stereocenters. The molecule has 1 N–H and O–H groups in total. The summed E-state index contributed by atoms with van der Waals surface area (Å²) in [6.45, 7) is 6.56. The van der Waals surface area contributed by atoms with E-state index in [1.807, 2.05) is 18.2 Å². The molecule has 1 fully saturated rings. The van der Waals surface area contributed by atoms with Gasteiger partial charge in [0.05, 0.1) is 6.10 Å². The van der Waals surface area contributed by atoms with Crippen LogP contribution >= 0.6 is 0 Å². The van der Waals surface area contributed by atoms with E-state index in [0.29, 0.717) is 12.6 Å². The first-order chi connectivity index (χ1) is 9.63. The van der Waals surface area contributed by atoms with E-state index in [1.165, 1.54) is 12.8 Å². The Kier molecular flexibility index (Phi) is 3.85. The average molecular weight is 277 g/mol. The molecular formula is C16H23NO3. The molecule has 1 aromatic carbocycles. The quantitative estimate of drug-likeness (QED) is 0.922. The van der Waals surface area contributed by atoms with Crippen molar-refractivity contribution < 1.29 is 14.6 Å². The average Bonchev–Trinajstić information content (AvgIpc) is 2.90. The molecule has 0 saturated carbocycles. The molecule has 20 heavy (non-hydrogen) atoms. The number of rotatable bonds is 3. The van der Waals surface area contributed by atoms with Gasteiger partial charge in [-0.15, -0.1) is 0 Å². The Labute approximate surface area is 120 Å². The third kappa shape index (κ3) is 2.76. The monoisotopic (exact) mass is 277 g/mol. The summed E-state index contributed by atoms with van der Waals surface area (Å²) in [6.07, 6.45) is 2.03. The number of hydrogen-bond donors (Lipinski definition) is 1. The van der Waals surface area contributed by atoms with Gasteiger partial charge in [0, 0.05) is 19.1 Å². The van der Waals surface area contributed by atoms with Gasteiger partial charge in [-0.05, 0) is 43.4 Å². The summed E-state index contributed by atoms with van der Waals surface area (Å²) in [4.78, 5) is 2.39. The van der Waals surface area contributed by atoms with E-state index in [2.05, 4.69) is 18.7 Å². The zero-order valence-electron chi connectivity index (χ0n) is 12.2. The molecule has 2 aliphatic heterocycles. The molecule has 1 aromatic rings. The second-order valence-corrected chi connectivity index (χ2v) is 6.11. The van der Waals surface area contributed by atoms with E-state index in [4.69, 9.17) is 9.47 Å². The molecule has 0 amide bonds. The lowest BCUT2D eigenvalue weighted by Gasteiger charge is -2.37. The van der Waals surface area contributed by atoms with Crippen LogP contribution in [0.1, 0.15) is 38.4 Å². The lowest BCUT2D eigenvalue weighted by molar-refractivity contribution is 0.0567. The van der Waals surface area contributed by atoms with Crippen LogP contribution in [0.5, 0.6) is 11.5 Å². The van der Waals surface area contributed by atoms with Crippen LogP contribution in [0.2, 0.25) is 0 Å². The number of hydrogen-bond acceptors (Lipinski definition) is 4. The standard InChI is InChI=1S/C16H23NO3/c1-11-3-4-12(2)17(8-11)9-14(18)13-5-6-15-16(7-13)20-10-19-15/h5-7,11-12,14,18H,3-4,8-10H2,1-2H3. The molecule has 1 saturated heterocycles. The van der Waals surface area contributed by atoms with E-state index in [1.54, 1.807) is 0 Å². The smallest absolute Gasteiger partial charge is 0.231 e. The van der Waals surface area contributed by atoms with Crippen LogP contribution in [0.3, 0.4) is 0 Å². The first-order valence-corrected chi connectivity index (χ1v) is 7.45. The number of benzene rings is 1. The van der Waals surface area contributed by atoms with Gasteiger partial charge in [-0.1, -0.05) is 13.0 Å². The Hall–Kier alpha value is -1.26. The topological polar surface area (TPSA) is 41.9 Å². The van der Waals surface area contributed by atoms with Gasteiger partial charge < -0.3 is 14.6 Å². The molecule has 0 aliphatic carbocycles. The molecule has 110 valence electrons. The number of aliphatic hydroxyl groups excluding tert-OH is 1. The number of ether oxygens (including phenoxy) is 2. The third-order valence-corrected chi connectivity index (χ3v) is 4.44. The van der Waals surface area contributed by atoms with Crippen LogP contribution in [0.15, 0.2) is 18.2 Å². The minimum atomic E-state index is -0.475. The highest BCUT2D eigenvalue weighted by Gasteiger charge is 2.25. The highest BCUT2D eigenvalue weighted by atomic mass is 16.7. The number of nitrogens with zero attached hydrogens (tertiary/aromatic N) is 1. The summed E-state index contributed by atoms with van der Waals surface area (Å²) in [5.74, 6) is 2.22. The van der Waals surface area contributed by atoms with Crippen molar-refractivity contribution in [1.29, 1.82) is 0 Å². The van der Waals surface area contributed by atoms with Gasteiger partial charge in [0.2, 0.25) is 6.79 Å². The van der Waals surface area contributed by atoms with Crippen molar-refractivity contribution in [2.24, 2.45) is 5.92 Å².